The first kappa shape index (κ1) is 18.0. The van der Waals surface area contributed by atoms with Crippen LogP contribution in [0.25, 0.3) is 0 Å². The van der Waals surface area contributed by atoms with Gasteiger partial charge in [-0.25, -0.2) is 12.7 Å². The third-order valence-corrected chi connectivity index (χ3v) is 5.18. The number of hydrogen-bond donors (Lipinski definition) is 2. The van der Waals surface area contributed by atoms with Crippen molar-refractivity contribution in [3.63, 3.8) is 0 Å². The molecular weight excluding hydrogens is 326 g/mol. The summed E-state index contributed by atoms with van der Waals surface area (Å²) in [5.41, 5.74) is 2.35. The van der Waals surface area contributed by atoms with Crippen LogP contribution in [0.1, 0.15) is 5.56 Å². The van der Waals surface area contributed by atoms with E-state index in [0.717, 1.165) is 15.6 Å². The second-order valence-electron chi connectivity index (χ2n) is 5.59. The molecule has 0 saturated heterocycles. The Bertz CT molecular complexity index is 832. The summed E-state index contributed by atoms with van der Waals surface area (Å²) >= 11 is 0. The van der Waals surface area contributed by atoms with Crippen LogP contribution in [-0.2, 0) is 14.8 Å². The van der Waals surface area contributed by atoms with Crippen LogP contribution >= 0.6 is 0 Å². The van der Waals surface area contributed by atoms with Gasteiger partial charge in [0.05, 0.1) is 11.4 Å². The van der Waals surface area contributed by atoms with Crippen LogP contribution in [0.15, 0.2) is 53.4 Å². The molecular formula is C17H21N3O3S. The van der Waals surface area contributed by atoms with Crippen LogP contribution in [-0.4, -0.2) is 39.3 Å². The minimum absolute atomic E-state index is 0.0411. The van der Waals surface area contributed by atoms with Gasteiger partial charge in [0.2, 0.25) is 15.9 Å². The molecule has 2 N–H and O–H groups in total. The number of carbonyl (C=O) groups is 1. The van der Waals surface area contributed by atoms with Crippen LogP contribution in [0.4, 0.5) is 11.4 Å². The number of sulfonamides is 1. The molecule has 2 aromatic carbocycles. The number of rotatable bonds is 6. The molecule has 2 rings (SSSR count). The largest absolute Gasteiger partial charge is 0.376 e. The Kier molecular flexibility index (Phi) is 5.58. The number of benzene rings is 2. The number of nitrogens with one attached hydrogen (secondary N) is 2. The molecule has 0 aliphatic carbocycles. The maximum atomic E-state index is 12.1. The summed E-state index contributed by atoms with van der Waals surface area (Å²) in [5, 5.41) is 5.72. The summed E-state index contributed by atoms with van der Waals surface area (Å²) in [6.45, 7) is 1.99. The Labute approximate surface area is 142 Å². The summed E-state index contributed by atoms with van der Waals surface area (Å²) in [7, 11) is -0.545. The van der Waals surface area contributed by atoms with Crippen molar-refractivity contribution in [2.75, 3.05) is 31.3 Å². The van der Waals surface area contributed by atoms with Gasteiger partial charge in [0.25, 0.3) is 0 Å². The molecule has 2 aromatic rings. The fourth-order valence-corrected chi connectivity index (χ4v) is 3.04. The molecule has 0 bridgehead atoms. The summed E-state index contributed by atoms with van der Waals surface area (Å²) in [4.78, 5) is 12.2. The van der Waals surface area contributed by atoms with E-state index in [-0.39, 0.29) is 17.3 Å². The van der Waals surface area contributed by atoms with Gasteiger partial charge in [-0.15, -0.1) is 0 Å². The normalized spacial score (nSPS) is 11.3. The van der Waals surface area contributed by atoms with Gasteiger partial charge in [-0.2, -0.15) is 0 Å². The number of nitrogens with zero attached hydrogens (tertiary/aromatic N) is 1. The predicted octanol–water partition coefficient (Wildman–Crippen LogP) is 2.30. The van der Waals surface area contributed by atoms with Crippen LogP contribution in [0.5, 0.6) is 0 Å². The predicted molar refractivity (Wildman–Crippen MR) is 95.6 cm³/mol. The minimum Gasteiger partial charge on any atom is -0.376 e. The second kappa shape index (κ2) is 7.46. The number of amides is 1. The Morgan fingerprint density at radius 1 is 1.04 bits per heavy atom. The third kappa shape index (κ3) is 4.56. The van der Waals surface area contributed by atoms with Crippen molar-refractivity contribution in [2.45, 2.75) is 11.8 Å². The Morgan fingerprint density at radius 3 is 2.38 bits per heavy atom. The molecule has 0 aliphatic heterocycles. The highest BCUT2D eigenvalue weighted by Gasteiger charge is 2.17. The van der Waals surface area contributed by atoms with Crippen molar-refractivity contribution in [1.82, 2.24) is 4.31 Å². The van der Waals surface area contributed by atoms with E-state index in [1.54, 1.807) is 12.1 Å². The molecule has 0 spiro atoms. The highest BCUT2D eigenvalue weighted by molar-refractivity contribution is 7.89. The molecule has 0 atom stereocenters. The summed E-state index contributed by atoms with van der Waals surface area (Å²) in [6, 6.07) is 13.9. The van der Waals surface area contributed by atoms with Gasteiger partial charge in [-0.3, -0.25) is 4.79 Å². The number of carbonyl (C=O) groups excluding carboxylic acids is 1. The zero-order chi connectivity index (χ0) is 17.7. The first-order chi connectivity index (χ1) is 11.3. The minimum atomic E-state index is -3.50. The topological polar surface area (TPSA) is 78.5 Å². The van der Waals surface area contributed by atoms with Crippen molar-refractivity contribution in [3.05, 3.63) is 54.1 Å². The van der Waals surface area contributed by atoms with Crippen molar-refractivity contribution >= 4 is 27.3 Å². The summed E-state index contributed by atoms with van der Waals surface area (Å²) in [6.07, 6.45) is 0. The molecule has 0 fully saturated rings. The fraction of sp³-hybridized carbons (Fsp3) is 0.235. The Hall–Kier alpha value is -2.38. The van der Waals surface area contributed by atoms with Crippen molar-refractivity contribution in [1.29, 1.82) is 0 Å². The van der Waals surface area contributed by atoms with E-state index in [0.29, 0.717) is 5.69 Å². The molecule has 24 heavy (non-hydrogen) atoms. The lowest BCUT2D eigenvalue weighted by Gasteiger charge is -2.13. The standard InChI is InChI=1S/C17H21N3O3S/c1-13-6-4-8-15(10-13)19-17(21)12-18-14-7-5-9-16(11-14)24(22,23)20(2)3/h4-11,18H,12H2,1-3H3,(H,19,21). The quantitative estimate of drug-likeness (QED) is 0.840. The van der Waals surface area contributed by atoms with E-state index in [4.69, 9.17) is 0 Å². The molecule has 0 aliphatic rings. The van der Waals surface area contributed by atoms with E-state index in [2.05, 4.69) is 10.6 Å². The lowest BCUT2D eigenvalue weighted by atomic mass is 10.2. The van der Waals surface area contributed by atoms with E-state index < -0.39 is 10.0 Å². The van der Waals surface area contributed by atoms with Crippen molar-refractivity contribution in [3.8, 4) is 0 Å². The third-order valence-electron chi connectivity index (χ3n) is 3.37. The van der Waals surface area contributed by atoms with E-state index in [9.17, 15) is 13.2 Å². The number of anilines is 2. The van der Waals surface area contributed by atoms with Gasteiger partial charge in [0.15, 0.2) is 0 Å². The molecule has 0 unspecified atom stereocenters. The highest BCUT2D eigenvalue weighted by Crippen LogP contribution is 2.18. The summed E-state index contributed by atoms with van der Waals surface area (Å²) in [5.74, 6) is -0.207. The SMILES string of the molecule is Cc1cccc(NC(=O)CNc2cccc(S(=O)(=O)N(C)C)c2)c1. The molecule has 0 heterocycles. The molecule has 128 valence electrons. The maximum Gasteiger partial charge on any atom is 0.243 e. The van der Waals surface area contributed by atoms with Crippen LogP contribution in [0.2, 0.25) is 0 Å². The molecule has 6 nitrogen and oxygen atoms in total. The van der Waals surface area contributed by atoms with Crippen molar-refractivity contribution in [2.24, 2.45) is 0 Å². The second-order valence-corrected chi connectivity index (χ2v) is 7.74. The molecule has 0 radical (unpaired) electrons. The van der Waals surface area contributed by atoms with Crippen LogP contribution in [0, 0.1) is 6.92 Å². The van der Waals surface area contributed by atoms with Gasteiger partial charge >= 0.3 is 0 Å². The Balaban J connectivity index is 2.01. The molecule has 7 heteroatoms. The van der Waals surface area contributed by atoms with E-state index in [1.807, 2.05) is 31.2 Å². The molecule has 0 aromatic heterocycles. The van der Waals surface area contributed by atoms with Gasteiger partial charge in [0, 0.05) is 25.5 Å². The number of hydrogen-bond acceptors (Lipinski definition) is 4. The molecule has 0 saturated carbocycles. The zero-order valence-electron chi connectivity index (χ0n) is 13.9. The van der Waals surface area contributed by atoms with Gasteiger partial charge in [-0.1, -0.05) is 18.2 Å². The smallest absolute Gasteiger partial charge is 0.243 e. The lowest BCUT2D eigenvalue weighted by Crippen LogP contribution is -2.23. The summed E-state index contributed by atoms with van der Waals surface area (Å²) < 4.78 is 25.4. The maximum absolute atomic E-state index is 12.1. The van der Waals surface area contributed by atoms with Crippen LogP contribution in [0.3, 0.4) is 0 Å². The Morgan fingerprint density at radius 2 is 1.71 bits per heavy atom. The zero-order valence-corrected chi connectivity index (χ0v) is 14.7. The fourth-order valence-electron chi connectivity index (χ4n) is 2.09. The average molecular weight is 347 g/mol. The van der Waals surface area contributed by atoms with Gasteiger partial charge in [-0.05, 0) is 42.8 Å². The highest BCUT2D eigenvalue weighted by atomic mass is 32.2. The molecule has 1 amide bonds. The lowest BCUT2D eigenvalue weighted by molar-refractivity contribution is -0.114. The van der Waals surface area contributed by atoms with E-state index >= 15 is 0 Å². The number of aryl methyl sites for hydroxylation is 1. The van der Waals surface area contributed by atoms with Crippen LogP contribution < -0.4 is 10.6 Å². The van der Waals surface area contributed by atoms with Crippen molar-refractivity contribution < 1.29 is 13.2 Å². The first-order valence-corrected chi connectivity index (χ1v) is 8.86. The monoisotopic (exact) mass is 347 g/mol. The van der Waals surface area contributed by atoms with Gasteiger partial charge in [0.1, 0.15) is 0 Å². The van der Waals surface area contributed by atoms with E-state index in [1.165, 1.54) is 26.2 Å². The van der Waals surface area contributed by atoms with Gasteiger partial charge < -0.3 is 10.6 Å². The first-order valence-electron chi connectivity index (χ1n) is 7.42. The average Bonchev–Trinajstić information content (AvgIpc) is 2.53.